The Morgan fingerprint density at radius 1 is 1.03 bits per heavy atom. The first kappa shape index (κ1) is 19.0. The minimum absolute atomic E-state index is 0.0810. The predicted octanol–water partition coefficient (Wildman–Crippen LogP) is 4.73. The molecule has 5 heteroatoms. The molecule has 0 bridgehead atoms. The van der Waals surface area contributed by atoms with E-state index in [1.807, 2.05) is 30.3 Å². The fourth-order valence-electron chi connectivity index (χ4n) is 2.98. The second kappa shape index (κ2) is 8.36. The molecule has 1 unspecified atom stereocenters. The molecule has 4 rings (SSSR count). The summed E-state index contributed by atoms with van der Waals surface area (Å²) in [5, 5.41) is 0. The number of hydrogen-bond donors (Lipinski definition) is 1. The highest BCUT2D eigenvalue weighted by atomic mass is 32.2. The summed E-state index contributed by atoms with van der Waals surface area (Å²) in [6.07, 6.45) is 2.06. The van der Waals surface area contributed by atoms with Gasteiger partial charge in [-0.3, -0.25) is 4.79 Å². The summed E-state index contributed by atoms with van der Waals surface area (Å²) in [5.74, 6) is 5.41. The average Bonchev–Trinajstić information content (AvgIpc) is 2.72. The number of Topliss-reactive ketones (excluding diaryl/α,β-unsaturated/α-hetero) is 1. The van der Waals surface area contributed by atoms with Gasteiger partial charge >= 0.3 is 0 Å². The molecule has 0 saturated heterocycles. The zero-order valence-electron chi connectivity index (χ0n) is 15.3. The lowest BCUT2D eigenvalue weighted by atomic mass is 10.0. The minimum atomic E-state index is -1.71. The Morgan fingerprint density at radius 3 is 2.66 bits per heavy atom. The zero-order chi connectivity index (χ0) is 20.2. The molecule has 1 N–H and O–H groups in total. The van der Waals surface area contributed by atoms with Crippen molar-refractivity contribution >= 4 is 28.9 Å². The van der Waals surface area contributed by atoms with Crippen LogP contribution < -0.4 is 4.72 Å². The predicted molar refractivity (Wildman–Crippen MR) is 114 cm³/mol. The van der Waals surface area contributed by atoms with E-state index >= 15 is 0 Å². The second-order valence-corrected chi connectivity index (χ2v) is 7.67. The highest BCUT2D eigenvalue weighted by Crippen LogP contribution is 2.31. The molecule has 0 amide bonds. The van der Waals surface area contributed by atoms with E-state index in [-0.39, 0.29) is 10.7 Å². The van der Waals surface area contributed by atoms with Crippen LogP contribution in [0.1, 0.15) is 27.0 Å². The van der Waals surface area contributed by atoms with Crippen molar-refractivity contribution in [2.75, 3.05) is 4.72 Å². The SMILES string of the molecule is O=C1/C(=C\c2cccc(F)c2)[S+]([O-])Nc2ccc(C#CCc3ccccc3)cc21. The van der Waals surface area contributed by atoms with Crippen molar-refractivity contribution in [2.24, 2.45) is 0 Å². The van der Waals surface area contributed by atoms with Crippen molar-refractivity contribution in [3.63, 3.8) is 0 Å². The summed E-state index contributed by atoms with van der Waals surface area (Å²) < 4.78 is 28.7. The first-order valence-electron chi connectivity index (χ1n) is 8.97. The molecule has 0 aromatic heterocycles. The zero-order valence-corrected chi connectivity index (χ0v) is 16.1. The number of fused-ring (bicyclic) bond motifs is 1. The molecule has 1 aliphatic rings. The van der Waals surface area contributed by atoms with E-state index in [1.54, 1.807) is 30.3 Å². The number of halogens is 1. The summed E-state index contributed by atoms with van der Waals surface area (Å²) in [7, 11) is 0. The number of carbonyl (C=O) groups excluding carboxylic acids is 1. The summed E-state index contributed by atoms with van der Waals surface area (Å²) in [6.45, 7) is 0. The van der Waals surface area contributed by atoms with Crippen LogP contribution in [0.15, 0.2) is 77.7 Å². The Labute approximate surface area is 171 Å². The van der Waals surface area contributed by atoms with Gasteiger partial charge in [-0.1, -0.05) is 54.3 Å². The third-order valence-corrected chi connectivity index (χ3v) is 5.51. The van der Waals surface area contributed by atoms with Gasteiger partial charge in [0.2, 0.25) is 10.7 Å². The summed E-state index contributed by atoms with van der Waals surface area (Å²) >= 11 is -1.71. The van der Waals surface area contributed by atoms with Crippen LogP contribution in [-0.2, 0) is 17.8 Å². The molecular weight excluding hydrogens is 385 g/mol. The monoisotopic (exact) mass is 401 g/mol. The largest absolute Gasteiger partial charge is 0.588 e. The maximum absolute atomic E-state index is 13.4. The Kier molecular flexibility index (Phi) is 5.48. The summed E-state index contributed by atoms with van der Waals surface area (Å²) in [4.78, 5) is 13.0. The lowest BCUT2D eigenvalue weighted by molar-refractivity contribution is 0.104. The third-order valence-electron chi connectivity index (χ3n) is 4.40. The van der Waals surface area contributed by atoms with Gasteiger partial charge in [-0.05, 0) is 41.5 Å². The van der Waals surface area contributed by atoms with Gasteiger partial charge in [-0.25, -0.2) is 9.11 Å². The molecule has 0 fully saturated rings. The molecule has 3 nitrogen and oxygen atoms in total. The summed E-state index contributed by atoms with van der Waals surface area (Å²) in [6, 6.07) is 20.9. The standard InChI is InChI=1S/C24H16FNO2S/c25-20-11-5-10-19(14-20)16-23-24(27)21-15-18(12-13-22(21)26-29(23)28)9-4-8-17-6-2-1-3-7-17/h1-3,5-7,10-16,26H,8H2/b23-16+. The van der Waals surface area contributed by atoms with Crippen LogP contribution in [-0.4, -0.2) is 10.3 Å². The van der Waals surface area contributed by atoms with Crippen LogP contribution in [0, 0.1) is 17.7 Å². The third kappa shape index (κ3) is 4.40. The number of carbonyl (C=O) groups is 1. The fourth-order valence-corrected chi connectivity index (χ4v) is 3.99. The van der Waals surface area contributed by atoms with Gasteiger partial charge in [-0.15, -0.1) is 0 Å². The molecule has 0 aliphatic carbocycles. The van der Waals surface area contributed by atoms with Gasteiger partial charge in [0, 0.05) is 18.1 Å². The Balaban J connectivity index is 1.61. The van der Waals surface area contributed by atoms with E-state index in [0.717, 1.165) is 5.56 Å². The maximum atomic E-state index is 13.4. The van der Waals surface area contributed by atoms with E-state index in [9.17, 15) is 13.7 Å². The van der Waals surface area contributed by atoms with Crippen molar-refractivity contribution in [3.05, 3.63) is 106 Å². The number of anilines is 1. The first-order chi connectivity index (χ1) is 14.1. The van der Waals surface area contributed by atoms with Gasteiger partial charge in [0.1, 0.15) is 17.2 Å². The van der Waals surface area contributed by atoms with E-state index in [2.05, 4.69) is 16.6 Å². The number of hydrogen-bond acceptors (Lipinski definition) is 3. The Morgan fingerprint density at radius 2 is 1.86 bits per heavy atom. The molecular formula is C24H16FNO2S. The van der Waals surface area contributed by atoms with Gasteiger partial charge in [0.05, 0.1) is 11.3 Å². The fraction of sp³-hybridized carbons (Fsp3) is 0.0417. The quantitative estimate of drug-likeness (QED) is 0.384. The number of nitrogens with one attached hydrogen (secondary N) is 1. The van der Waals surface area contributed by atoms with Gasteiger partial charge < -0.3 is 4.55 Å². The average molecular weight is 401 g/mol. The van der Waals surface area contributed by atoms with Crippen LogP contribution in [0.5, 0.6) is 0 Å². The van der Waals surface area contributed by atoms with Crippen LogP contribution in [0.4, 0.5) is 10.1 Å². The van der Waals surface area contributed by atoms with Crippen molar-refractivity contribution < 1.29 is 13.7 Å². The highest BCUT2D eigenvalue weighted by Gasteiger charge is 2.33. The molecule has 0 spiro atoms. The molecule has 29 heavy (non-hydrogen) atoms. The van der Waals surface area contributed by atoms with Gasteiger partial charge in [0.15, 0.2) is 0 Å². The lowest BCUT2D eigenvalue weighted by Crippen LogP contribution is -2.27. The van der Waals surface area contributed by atoms with E-state index in [0.29, 0.717) is 28.8 Å². The smallest absolute Gasteiger partial charge is 0.245 e. The second-order valence-electron chi connectivity index (χ2n) is 6.49. The van der Waals surface area contributed by atoms with Crippen molar-refractivity contribution in [3.8, 4) is 11.8 Å². The lowest BCUT2D eigenvalue weighted by Gasteiger charge is -2.21. The van der Waals surface area contributed by atoms with Crippen LogP contribution in [0.25, 0.3) is 6.08 Å². The number of allylic oxidation sites excluding steroid dienone is 1. The van der Waals surface area contributed by atoms with E-state index in [4.69, 9.17) is 0 Å². The Bertz CT molecular complexity index is 1160. The van der Waals surface area contributed by atoms with Crippen molar-refractivity contribution in [1.82, 2.24) is 0 Å². The number of ketones is 1. The Hall–Kier alpha value is -3.33. The molecule has 3 aromatic rings. The van der Waals surface area contributed by atoms with Gasteiger partial charge in [0.25, 0.3) is 0 Å². The highest BCUT2D eigenvalue weighted by molar-refractivity contribution is 7.97. The minimum Gasteiger partial charge on any atom is -0.588 e. The molecule has 0 radical (unpaired) electrons. The maximum Gasteiger partial charge on any atom is 0.245 e. The van der Waals surface area contributed by atoms with Crippen LogP contribution in [0.3, 0.4) is 0 Å². The van der Waals surface area contributed by atoms with E-state index < -0.39 is 17.2 Å². The summed E-state index contributed by atoms with van der Waals surface area (Å²) in [5.41, 5.74) is 3.20. The molecule has 142 valence electrons. The number of benzene rings is 3. The topological polar surface area (TPSA) is 52.2 Å². The van der Waals surface area contributed by atoms with Crippen LogP contribution in [0.2, 0.25) is 0 Å². The molecule has 1 aliphatic heterocycles. The van der Waals surface area contributed by atoms with Crippen LogP contribution >= 0.6 is 0 Å². The van der Waals surface area contributed by atoms with Crippen molar-refractivity contribution in [1.29, 1.82) is 0 Å². The first-order valence-corrected chi connectivity index (χ1v) is 10.1. The van der Waals surface area contributed by atoms with E-state index in [1.165, 1.54) is 18.2 Å². The van der Waals surface area contributed by atoms with Crippen molar-refractivity contribution in [2.45, 2.75) is 6.42 Å². The number of rotatable bonds is 2. The molecule has 1 atom stereocenters. The molecule has 1 heterocycles. The van der Waals surface area contributed by atoms with Gasteiger partial charge in [-0.2, -0.15) is 0 Å². The normalized spacial score (nSPS) is 16.6. The molecule has 0 saturated carbocycles. The molecule has 3 aromatic carbocycles.